The average Bonchev–Trinajstić information content (AvgIpc) is 2.67. The Morgan fingerprint density at radius 2 is 2.00 bits per heavy atom. The van der Waals surface area contributed by atoms with Gasteiger partial charge in [-0.25, -0.2) is 8.78 Å². The number of carbonyl (C=O) groups excluding carboxylic acids is 1. The van der Waals surface area contributed by atoms with Crippen LogP contribution in [0.3, 0.4) is 0 Å². The third-order valence-electron chi connectivity index (χ3n) is 4.13. The van der Waals surface area contributed by atoms with E-state index in [1.807, 2.05) is 30.3 Å². The smallest absolute Gasteiger partial charge is 0.238 e. The Kier molecular flexibility index (Phi) is 6.41. The number of benzene rings is 2. The Morgan fingerprint density at radius 1 is 1.19 bits per heavy atom. The lowest BCUT2D eigenvalue weighted by Gasteiger charge is -2.19. The summed E-state index contributed by atoms with van der Waals surface area (Å²) in [5.74, 6) is -1.49. The first-order valence-electron chi connectivity index (χ1n) is 8.46. The molecule has 136 valence electrons. The van der Waals surface area contributed by atoms with E-state index in [1.165, 1.54) is 17.7 Å². The van der Waals surface area contributed by atoms with Crippen LogP contribution in [-0.4, -0.2) is 25.5 Å². The van der Waals surface area contributed by atoms with Crippen LogP contribution in [0.2, 0.25) is 0 Å². The van der Waals surface area contributed by atoms with Crippen LogP contribution in [0.4, 0.5) is 8.78 Å². The first-order valence-corrected chi connectivity index (χ1v) is 9.34. The van der Waals surface area contributed by atoms with Crippen LogP contribution in [0.5, 0.6) is 0 Å². The topological polar surface area (TPSA) is 41.1 Å². The highest BCUT2D eigenvalue weighted by atomic mass is 32.2. The van der Waals surface area contributed by atoms with Gasteiger partial charge in [-0.2, -0.15) is 0 Å². The Labute approximate surface area is 155 Å². The number of halogens is 2. The van der Waals surface area contributed by atoms with Gasteiger partial charge < -0.3 is 10.6 Å². The van der Waals surface area contributed by atoms with E-state index in [9.17, 15) is 13.6 Å². The lowest BCUT2D eigenvalue weighted by atomic mass is 10.1. The molecule has 3 rings (SSSR count). The molecule has 1 amide bonds. The number of nitrogens with one attached hydrogen (secondary N) is 2. The predicted molar refractivity (Wildman–Crippen MR) is 100.0 cm³/mol. The Morgan fingerprint density at radius 3 is 2.69 bits per heavy atom. The molecule has 0 saturated carbocycles. The number of carbonyl (C=O) groups is 1. The van der Waals surface area contributed by atoms with Crippen LogP contribution in [-0.2, 0) is 4.79 Å². The van der Waals surface area contributed by atoms with E-state index in [0.717, 1.165) is 42.9 Å². The Balaban J connectivity index is 1.76. The highest BCUT2D eigenvalue weighted by Gasteiger charge is 2.23. The van der Waals surface area contributed by atoms with E-state index in [2.05, 4.69) is 16.7 Å². The van der Waals surface area contributed by atoms with E-state index >= 15 is 0 Å². The summed E-state index contributed by atoms with van der Waals surface area (Å²) in [6.45, 7) is 2.19. The van der Waals surface area contributed by atoms with Crippen LogP contribution < -0.4 is 10.6 Å². The molecule has 2 N–H and O–H groups in total. The molecule has 0 saturated heterocycles. The van der Waals surface area contributed by atoms with Gasteiger partial charge in [-0.3, -0.25) is 4.79 Å². The molecule has 0 radical (unpaired) electrons. The second-order valence-corrected chi connectivity index (χ2v) is 7.16. The van der Waals surface area contributed by atoms with Crippen molar-refractivity contribution >= 4 is 17.7 Å². The fraction of sp³-hybridized carbons (Fsp3) is 0.250. The summed E-state index contributed by atoms with van der Waals surface area (Å²) in [7, 11) is 0. The SMILES string of the molecule is O=C(NCC1=CCNCC1)C(Sc1ccc(F)cc1F)c1ccccc1. The largest absolute Gasteiger partial charge is 0.351 e. The summed E-state index contributed by atoms with van der Waals surface area (Å²) in [6.07, 6.45) is 2.98. The molecule has 1 aliphatic rings. The van der Waals surface area contributed by atoms with Crippen molar-refractivity contribution in [3.8, 4) is 0 Å². The minimum Gasteiger partial charge on any atom is -0.351 e. The van der Waals surface area contributed by atoms with Gasteiger partial charge in [0.25, 0.3) is 0 Å². The van der Waals surface area contributed by atoms with Crippen molar-refractivity contribution in [3.05, 3.63) is 77.4 Å². The zero-order valence-corrected chi connectivity index (χ0v) is 15.0. The van der Waals surface area contributed by atoms with Crippen molar-refractivity contribution in [1.29, 1.82) is 0 Å². The lowest BCUT2D eigenvalue weighted by molar-refractivity contribution is -0.120. The van der Waals surface area contributed by atoms with Crippen molar-refractivity contribution in [3.63, 3.8) is 0 Å². The van der Waals surface area contributed by atoms with E-state index in [1.54, 1.807) is 0 Å². The normalized spacial score (nSPS) is 15.2. The fourth-order valence-electron chi connectivity index (χ4n) is 2.72. The quantitative estimate of drug-likeness (QED) is 0.596. The van der Waals surface area contributed by atoms with Crippen molar-refractivity contribution in [2.75, 3.05) is 19.6 Å². The maximum absolute atomic E-state index is 14.1. The van der Waals surface area contributed by atoms with Gasteiger partial charge in [0, 0.05) is 24.1 Å². The van der Waals surface area contributed by atoms with E-state index < -0.39 is 16.9 Å². The first kappa shape index (κ1) is 18.6. The zero-order chi connectivity index (χ0) is 18.4. The Bertz CT molecular complexity index is 796. The van der Waals surface area contributed by atoms with Gasteiger partial charge >= 0.3 is 0 Å². The molecule has 3 nitrogen and oxygen atoms in total. The van der Waals surface area contributed by atoms with Gasteiger partial charge in [0.2, 0.25) is 5.91 Å². The molecule has 1 aliphatic heterocycles. The molecule has 2 aromatic rings. The average molecular weight is 374 g/mol. The molecule has 6 heteroatoms. The molecule has 2 aromatic carbocycles. The van der Waals surface area contributed by atoms with Crippen molar-refractivity contribution in [1.82, 2.24) is 10.6 Å². The lowest BCUT2D eigenvalue weighted by Crippen LogP contribution is -2.32. The second-order valence-electron chi connectivity index (χ2n) is 6.02. The third-order valence-corrected chi connectivity index (χ3v) is 5.43. The Hall–Kier alpha value is -2.18. The van der Waals surface area contributed by atoms with Crippen molar-refractivity contribution in [2.45, 2.75) is 16.6 Å². The molecule has 0 aromatic heterocycles. The van der Waals surface area contributed by atoms with Crippen LogP contribution in [0, 0.1) is 11.6 Å². The van der Waals surface area contributed by atoms with E-state index in [-0.39, 0.29) is 10.8 Å². The number of rotatable bonds is 6. The minimum absolute atomic E-state index is 0.190. The van der Waals surface area contributed by atoms with Crippen molar-refractivity contribution in [2.24, 2.45) is 0 Å². The van der Waals surface area contributed by atoms with Gasteiger partial charge in [0.1, 0.15) is 16.9 Å². The highest BCUT2D eigenvalue weighted by Crippen LogP contribution is 2.37. The zero-order valence-electron chi connectivity index (χ0n) is 14.2. The first-order chi connectivity index (χ1) is 12.6. The molecule has 0 bridgehead atoms. The van der Waals surface area contributed by atoms with Gasteiger partial charge in [-0.15, -0.1) is 11.8 Å². The molecule has 1 heterocycles. The maximum Gasteiger partial charge on any atom is 0.238 e. The summed E-state index contributed by atoms with van der Waals surface area (Å²) in [4.78, 5) is 13.0. The second kappa shape index (κ2) is 8.96. The molecule has 0 aliphatic carbocycles. The van der Waals surface area contributed by atoms with Gasteiger partial charge in [-0.1, -0.05) is 42.0 Å². The summed E-state index contributed by atoms with van der Waals surface area (Å²) >= 11 is 1.09. The summed E-state index contributed by atoms with van der Waals surface area (Å²) in [5.41, 5.74) is 1.96. The van der Waals surface area contributed by atoms with Gasteiger partial charge in [0.05, 0.1) is 0 Å². The van der Waals surface area contributed by atoms with Crippen LogP contribution in [0.25, 0.3) is 0 Å². The molecule has 1 unspecified atom stereocenters. The molecule has 0 fully saturated rings. The number of amides is 1. The van der Waals surface area contributed by atoms with Crippen LogP contribution in [0.1, 0.15) is 17.2 Å². The molecule has 0 spiro atoms. The standard InChI is InChI=1S/C20H20F2N2OS/c21-16-6-7-18(17(22)12-16)26-19(15-4-2-1-3-5-15)20(25)24-13-14-8-10-23-11-9-14/h1-8,12,19,23H,9-11,13H2,(H,24,25). The van der Waals surface area contributed by atoms with Crippen molar-refractivity contribution < 1.29 is 13.6 Å². The fourth-order valence-corrected chi connectivity index (χ4v) is 3.78. The number of thioether (sulfide) groups is 1. The molecule has 26 heavy (non-hydrogen) atoms. The highest BCUT2D eigenvalue weighted by molar-refractivity contribution is 8.00. The van der Waals surface area contributed by atoms with Crippen LogP contribution in [0.15, 0.2) is 65.1 Å². The summed E-state index contributed by atoms with van der Waals surface area (Å²) in [6, 6.07) is 12.6. The molecule has 1 atom stereocenters. The number of hydrogen-bond donors (Lipinski definition) is 2. The minimum atomic E-state index is -0.662. The predicted octanol–water partition coefficient (Wildman–Crippen LogP) is 3.83. The maximum atomic E-state index is 14.1. The van der Waals surface area contributed by atoms with Gasteiger partial charge in [-0.05, 0) is 30.7 Å². The van der Waals surface area contributed by atoms with E-state index in [0.29, 0.717) is 6.54 Å². The molecular weight excluding hydrogens is 354 g/mol. The van der Waals surface area contributed by atoms with E-state index in [4.69, 9.17) is 0 Å². The third kappa shape index (κ3) is 4.93. The monoisotopic (exact) mass is 374 g/mol. The summed E-state index contributed by atoms with van der Waals surface area (Å²) in [5, 5.41) is 5.57. The van der Waals surface area contributed by atoms with Crippen LogP contribution >= 0.6 is 11.8 Å². The van der Waals surface area contributed by atoms with Gasteiger partial charge in [0.15, 0.2) is 0 Å². The summed E-state index contributed by atoms with van der Waals surface area (Å²) < 4.78 is 27.2. The molecular formula is C20H20F2N2OS. The number of hydrogen-bond acceptors (Lipinski definition) is 3.